The van der Waals surface area contributed by atoms with Gasteiger partial charge in [0.05, 0.1) is 12.6 Å². The maximum atomic E-state index is 11.9. The molecule has 0 aromatic heterocycles. The van der Waals surface area contributed by atoms with Gasteiger partial charge in [-0.25, -0.2) is 0 Å². The van der Waals surface area contributed by atoms with E-state index in [1.54, 1.807) is 0 Å². The van der Waals surface area contributed by atoms with Gasteiger partial charge in [-0.15, -0.1) is 0 Å². The van der Waals surface area contributed by atoms with Crippen molar-refractivity contribution in [2.75, 3.05) is 39.3 Å². The number of nitrogens with one attached hydrogen (secondary N) is 1. The topological polar surface area (TPSA) is 44.8 Å². The smallest absolute Gasteiger partial charge is 0.237 e. The molecule has 0 saturated carbocycles. The Balaban J connectivity index is 1.50. The molecule has 2 aliphatic rings. The minimum Gasteiger partial charge on any atom is -0.493 e. The van der Waals surface area contributed by atoms with E-state index >= 15 is 0 Å². The number of hydrogen-bond donors (Lipinski definition) is 1. The van der Waals surface area contributed by atoms with Crippen LogP contribution in [-0.2, 0) is 17.8 Å². The van der Waals surface area contributed by atoms with Gasteiger partial charge in [-0.3, -0.25) is 14.6 Å². The fourth-order valence-corrected chi connectivity index (χ4v) is 3.39. The van der Waals surface area contributed by atoms with E-state index < -0.39 is 0 Å². The molecule has 0 spiro atoms. The summed E-state index contributed by atoms with van der Waals surface area (Å²) in [6.07, 6.45) is 1.03. The molecule has 5 heteroatoms. The standard InChI is InChI=1S/C18H27N3O2/c1-3-19-18(22)14(2)21-9-7-20(8-10-21)13-15-4-5-17-16(12-15)6-11-23-17/h4-5,12,14H,3,6-11,13H2,1-2H3,(H,19,22)/t14-/m1/s1. The number of likely N-dealkylation sites (N-methyl/N-ethyl adjacent to an activating group) is 1. The second-order valence-electron chi connectivity index (χ2n) is 6.42. The first-order valence-electron chi connectivity index (χ1n) is 8.66. The van der Waals surface area contributed by atoms with Gasteiger partial charge in [0.25, 0.3) is 0 Å². The number of nitrogens with zero attached hydrogens (tertiary/aromatic N) is 2. The summed E-state index contributed by atoms with van der Waals surface area (Å²) in [5.41, 5.74) is 2.70. The van der Waals surface area contributed by atoms with Gasteiger partial charge < -0.3 is 10.1 Å². The normalized spacial score (nSPS) is 19.9. The predicted octanol–water partition coefficient (Wildman–Crippen LogP) is 1.26. The molecule has 5 nitrogen and oxygen atoms in total. The van der Waals surface area contributed by atoms with Crippen LogP contribution in [0.4, 0.5) is 0 Å². The molecule has 0 aliphatic carbocycles. The zero-order valence-corrected chi connectivity index (χ0v) is 14.2. The van der Waals surface area contributed by atoms with E-state index in [0.717, 1.165) is 51.5 Å². The molecular weight excluding hydrogens is 290 g/mol. The van der Waals surface area contributed by atoms with Crippen LogP contribution in [0.2, 0.25) is 0 Å². The highest BCUT2D eigenvalue weighted by Gasteiger charge is 2.25. The van der Waals surface area contributed by atoms with Gasteiger partial charge in [0, 0.05) is 45.7 Å². The fourth-order valence-electron chi connectivity index (χ4n) is 3.39. The van der Waals surface area contributed by atoms with E-state index in [0.29, 0.717) is 6.54 Å². The Bertz CT molecular complexity index is 553. The number of fused-ring (bicyclic) bond motifs is 1. The Morgan fingerprint density at radius 1 is 1.30 bits per heavy atom. The molecule has 1 saturated heterocycles. The van der Waals surface area contributed by atoms with Crippen molar-refractivity contribution in [3.63, 3.8) is 0 Å². The maximum Gasteiger partial charge on any atom is 0.237 e. The number of carbonyl (C=O) groups excluding carboxylic acids is 1. The van der Waals surface area contributed by atoms with Gasteiger partial charge in [0.1, 0.15) is 5.75 Å². The second kappa shape index (κ2) is 7.32. The van der Waals surface area contributed by atoms with Gasteiger partial charge in [0.15, 0.2) is 0 Å². The van der Waals surface area contributed by atoms with E-state index in [9.17, 15) is 4.79 Å². The summed E-state index contributed by atoms with van der Waals surface area (Å²) in [5.74, 6) is 1.19. The van der Waals surface area contributed by atoms with Crippen LogP contribution in [0.1, 0.15) is 25.0 Å². The van der Waals surface area contributed by atoms with Crippen molar-refractivity contribution in [3.8, 4) is 5.75 Å². The Morgan fingerprint density at radius 3 is 2.83 bits per heavy atom. The van der Waals surface area contributed by atoms with Crippen molar-refractivity contribution in [3.05, 3.63) is 29.3 Å². The lowest BCUT2D eigenvalue weighted by Gasteiger charge is -2.37. The summed E-state index contributed by atoms with van der Waals surface area (Å²) in [6.45, 7) is 10.4. The zero-order chi connectivity index (χ0) is 16.2. The molecule has 1 fully saturated rings. The van der Waals surface area contributed by atoms with Crippen LogP contribution >= 0.6 is 0 Å². The van der Waals surface area contributed by atoms with E-state index in [1.165, 1.54) is 11.1 Å². The summed E-state index contributed by atoms with van der Waals surface area (Å²) in [4.78, 5) is 16.7. The number of ether oxygens (including phenoxy) is 1. The quantitative estimate of drug-likeness (QED) is 0.888. The third-order valence-corrected chi connectivity index (χ3v) is 4.85. The van der Waals surface area contributed by atoms with Gasteiger partial charge in [0.2, 0.25) is 5.91 Å². The van der Waals surface area contributed by atoms with Crippen molar-refractivity contribution in [1.29, 1.82) is 0 Å². The number of amides is 1. The molecule has 1 N–H and O–H groups in total. The van der Waals surface area contributed by atoms with Gasteiger partial charge >= 0.3 is 0 Å². The first-order chi connectivity index (χ1) is 11.2. The van der Waals surface area contributed by atoms with Crippen LogP contribution in [0.5, 0.6) is 5.75 Å². The lowest BCUT2D eigenvalue weighted by atomic mass is 10.1. The predicted molar refractivity (Wildman–Crippen MR) is 90.6 cm³/mol. The molecule has 1 amide bonds. The van der Waals surface area contributed by atoms with Crippen LogP contribution in [0.3, 0.4) is 0 Å². The van der Waals surface area contributed by atoms with Gasteiger partial charge in [-0.1, -0.05) is 12.1 Å². The van der Waals surface area contributed by atoms with Gasteiger partial charge in [-0.05, 0) is 31.0 Å². The second-order valence-corrected chi connectivity index (χ2v) is 6.42. The SMILES string of the molecule is CCNC(=O)[C@@H](C)N1CCN(Cc2ccc3c(c2)CCO3)CC1. The molecule has 2 aliphatic heterocycles. The summed E-state index contributed by atoms with van der Waals surface area (Å²) in [7, 11) is 0. The minimum atomic E-state index is -0.0331. The Labute approximate surface area is 138 Å². The molecule has 23 heavy (non-hydrogen) atoms. The Hall–Kier alpha value is -1.59. The molecule has 1 atom stereocenters. The monoisotopic (exact) mass is 317 g/mol. The largest absolute Gasteiger partial charge is 0.493 e. The van der Waals surface area contributed by atoms with Crippen molar-refractivity contribution < 1.29 is 9.53 Å². The lowest BCUT2D eigenvalue weighted by Crippen LogP contribution is -2.53. The van der Waals surface area contributed by atoms with E-state index in [2.05, 4.69) is 33.3 Å². The van der Waals surface area contributed by atoms with Crippen molar-refractivity contribution in [2.24, 2.45) is 0 Å². The number of rotatable bonds is 5. The summed E-state index contributed by atoms with van der Waals surface area (Å²) >= 11 is 0. The van der Waals surface area contributed by atoms with Crippen LogP contribution in [0.15, 0.2) is 18.2 Å². The number of carbonyl (C=O) groups is 1. The lowest BCUT2D eigenvalue weighted by molar-refractivity contribution is -0.126. The maximum absolute atomic E-state index is 11.9. The average Bonchev–Trinajstić information content (AvgIpc) is 3.03. The highest BCUT2D eigenvalue weighted by Crippen LogP contribution is 2.26. The molecule has 0 bridgehead atoms. The zero-order valence-electron chi connectivity index (χ0n) is 14.2. The summed E-state index contributed by atoms with van der Waals surface area (Å²) in [5, 5.41) is 2.91. The molecular formula is C18H27N3O2. The molecule has 0 radical (unpaired) electrons. The van der Waals surface area contributed by atoms with Crippen LogP contribution in [0.25, 0.3) is 0 Å². The van der Waals surface area contributed by atoms with Crippen molar-refractivity contribution >= 4 is 5.91 Å². The molecule has 0 unspecified atom stereocenters. The van der Waals surface area contributed by atoms with E-state index in [-0.39, 0.29) is 11.9 Å². The average molecular weight is 317 g/mol. The molecule has 3 rings (SSSR count). The van der Waals surface area contributed by atoms with E-state index in [4.69, 9.17) is 4.74 Å². The highest BCUT2D eigenvalue weighted by molar-refractivity contribution is 5.81. The first kappa shape index (κ1) is 16.3. The van der Waals surface area contributed by atoms with Crippen molar-refractivity contribution in [2.45, 2.75) is 32.9 Å². The third kappa shape index (κ3) is 3.85. The molecule has 126 valence electrons. The van der Waals surface area contributed by atoms with Crippen LogP contribution < -0.4 is 10.1 Å². The van der Waals surface area contributed by atoms with E-state index in [1.807, 2.05) is 13.8 Å². The first-order valence-corrected chi connectivity index (χ1v) is 8.66. The molecule has 2 heterocycles. The molecule has 1 aromatic rings. The van der Waals surface area contributed by atoms with Crippen molar-refractivity contribution in [1.82, 2.24) is 15.1 Å². The highest BCUT2D eigenvalue weighted by atomic mass is 16.5. The number of benzene rings is 1. The van der Waals surface area contributed by atoms with Crippen LogP contribution in [0, 0.1) is 0 Å². The Kier molecular flexibility index (Phi) is 5.18. The minimum absolute atomic E-state index is 0.0331. The third-order valence-electron chi connectivity index (χ3n) is 4.85. The fraction of sp³-hybridized carbons (Fsp3) is 0.611. The van der Waals surface area contributed by atoms with Gasteiger partial charge in [-0.2, -0.15) is 0 Å². The summed E-state index contributed by atoms with van der Waals surface area (Å²) < 4.78 is 5.57. The Morgan fingerprint density at radius 2 is 2.09 bits per heavy atom. The van der Waals surface area contributed by atoms with Crippen LogP contribution in [-0.4, -0.2) is 61.1 Å². The number of piperazine rings is 1. The number of hydrogen-bond acceptors (Lipinski definition) is 4. The molecule has 1 aromatic carbocycles. The summed E-state index contributed by atoms with van der Waals surface area (Å²) in [6, 6.07) is 6.53.